The predicted octanol–water partition coefficient (Wildman–Crippen LogP) is 4.67. The van der Waals surface area contributed by atoms with Gasteiger partial charge in [-0.25, -0.2) is 0 Å². The second-order valence-corrected chi connectivity index (χ2v) is 9.42. The number of rotatable bonds is 6. The lowest BCUT2D eigenvalue weighted by atomic mass is 9.98. The third-order valence-electron chi connectivity index (χ3n) is 6.12. The van der Waals surface area contributed by atoms with Crippen LogP contribution in [0.3, 0.4) is 0 Å². The number of ether oxygens (including phenoxy) is 3. The van der Waals surface area contributed by atoms with Crippen LogP contribution in [0.4, 0.5) is 11.4 Å². The van der Waals surface area contributed by atoms with Crippen LogP contribution in [0.15, 0.2) is 53.9 Å². The maximum Gasteiger partial charge on any atom is 0.312 e. The van der Waals surface area contributed by atoms with E-state index in [0.29, 0.717) is 16.9 Å². The maximum absolute atomic E-state index is 13.3. The summed E-state index contributed by atoms with van der Waals surface area (Å²) in [5.74, 6) is -1.00. The third-order valence-corrected chi connectivity index (χ3v) is 7.07. The molecule has 1 saturated heterocycles. The van der Waals surface area contributed by atoms with Crippen LogP contribution in [0.5, 0.6) is 5.75 Å². The minimum absolute atomic E-state index is 0.00661. The highest BCUT2D eigenvalue weighted by molar-refractivity contribution is 7.10. The lowest BCUT2D eigenvalue weighted by Gasteiger charge is -2.27. The Morgan fingerprint density at radius 3 is 2.77 bits per heavy atom. The average molecular weight is 495 g/mol. The van der Waals surface area contributed by atoms with E-state index >= 15 is 0 Å². The molecule has 0 N–H and O–H groups in total. The largest absolute Gasteiger partial charge is 0.467 e. The molecule has 1 amide bonds. The summed E-state index contributed by atoms with van der Waals surface area (Å²) < 4.78 is 16.4. The van der Waals surface area contributed by atoms with Crippen molar-refractivity contribution in [1.82, 2.24) is 0 Å². The fraction of sp³-hybridized carbons (Fsp3) is 0.280. The van der Waals surface area contributed by atoms with Crippen LogP contribution in [0, 0.1) is 23.0 Å². The molecule has 0 unspecified atom stereocenters. The standard InChI is InChI=1S/C25H22N2O7S/c1-15-4-6-18(7-5-15)26-22(28)11-20(23(26)21-3-2-8-35-21)25(29)33-13-17-10-19(27(30)31)9-16-12-32-14-34-24(16)17/h2-10,20,23H,11-14H2,1H3/t20-,23-/m1/s1. The van der Waals surface area contributed by atoms with Crippen molar-refractivity contribution in [2.24, 2.45) is 5.92 Å². The molecule has 0 bridgehead atoms. The number of hydrogen-bond donors (Lipinski definition) is 0. The number of carbonyl (C=O) groups is 2. The molecule has 1 aromatic heterocycles. The molecule has 2 aromatic carbocycles. The highest BCUT2D eigenvalue weighted by atomic mass is 32.1. The summed E-state index contributed by atoms with van der Waals surface area (Å²) in [6.45, 7) is 1.93. The van der Waals surface area contributed by atoms with Gasteiger partial charge in [-0.15, -0.1) is 11.3 Å². The number of hydrogen-bond acceptors (Lipinski definition) is 8. The minimum atomic E-state index is -0.721. The number of fused-ring (bicyclic) bond motifs is 1. The second kappa shape index (κ2) is 9.47. The van der Waals surface area contributed by atoms with E-state index in [2.05, 4.69) is 0 Å². The highest BCUT2D eigenvalue weighted by Crippen LogP contribution is 2.44. The van der Waals surface area contributed by atoms with Crippen LogP contribution in [0.25, 0.3) is 0 Å². The van der Waals surface area contributed by atoms with Crippen molar-refractivity contribution in [3.05, 3.63) is 85.6 Å². The van der Waals surface area contributed by atoms with Gasteiger partial charge < -0.3 is 19.1 Å². The molecule has 10 heteroatoms. The molecular formula is C25H22N2O7S. The van der Waals surface area contributed by atoms with Gasteiger partial charge in [-0.05, 0) is 30.5 Å². The molecule has 2 aliphatic rings. The molecule has 0 aliphatic carbocycles. The summed E-state index contributed by atoms with van der Waals surface area (Å²) in [4.78, 5) is 39.8. The number of nitro benzene ring substituents is 1. The number of aryl methyl sites for hydroxylation is 1. The summed E-state index contributed by atoms with van der Waals surface area (Å²) in [5, 5.41) is 13.3. The van der Waals surface area contributed by atoms with Crippen LogP contribution in [0.2, 0.25) is 0 Å². The summed E-state index contributed by atoms with van der Waals surface area (Å²) in [6, 6.07) is 13.6. The van der Waals surface area contributed by atoms with E-state index in [1.54, 1.807) is 4.90 Å². The summed E-state index contributed by atoms with van der Waals surface area (Å²) >= 11 is 1.47. The number of anilines is 1. The third kappa shape index (κ3) is 4.50. The summed E-state index contributed by atoms with van der Waals surface area (Å²) in [7, 11) is 0. The molecule has 0 saturated carbocycles. The van der Waals surface area contributed by atoms with E-state index in [1.165, 1.54) is 23.5 Å². The average Bonchev–Trinajstić information content (AvgIpc) is 3.50. The van der Waals surface area contributed by atoms with Gasteiger partial charge in [0.25, 0.3) is 5.69 Å². The first-order valence-electron chi connectivity index (χ1n) is 11.0. The zero-order chi connectivity index (χ0) is 24.5. The molecular weight excluding hydrogens is 472 g/mol. The van der Waals surface area contributed by atoms with Gasteiger partial charge in [0.1, 0.15) is 12.4 Å². The molecule has 5 rings (SSSR count). The van der Waals surface area contributed by atoms with Gasteiger partial charge in [0.05, 0.1) is 23.5 Å². The number of nitrogens with zero attached hydrogens (tertiary/aromatic N) is 2. The smallest absolute Gasteiger partial charge is 0.312 e. The first-order valence-corrected chi connectivity index (χ1v) is 11.9. The van der Waals surface area contributed by atoms with Gasteiger partial charge in [0.15, 0.2) is 6.79 Å². The number of non-ortho nitro benzene ring substituents is 1. The number of nitro groups is 1. The van der Waals surface area contributed by atoms with Gasteiger partial charge in [-0.1, -0.05) is 23.8 Å². The monoisotopic (exact) mass is 494 g/mol. The summed E-state index contributed by atoms with van der Waals surface area (Å²) in [6.07, 6.45) is 0.00661. The first-order chi connectivity index (χ1) is 16.9. The molecule has 1 fully saturated rings. The van der Waals surface area contributed by atoms with E-state index in [-0.39, 0.29) is 38.0 Å². The SMILES string of the molecule is Cc1ccc(N2C(=O)C[C@@H](C(=O)OCc3cc([N+](=O)[O-])cc4c3OCOC4)[C@@H]2c2cccs2)cc1. The van der Waals surface area contributed by atoms with Crippen molar-refractivity contribution in [3.63, 3.8) is 0 Å². The number of esters is 1. The Labute approximate surface area is 205 Å². The fourth-order valence-electron chi connectivity index (χ4n) is 4.49. The van der Waals surface area contributed by atoms with E-state index < -0.39 is 22.9 Å². The maximum atomic E-state index is 13.3. The molecule has 3 aromatic rings. The van der Waals surface area contributed by atoms with E-state index in [4.69, 9.17) is 14.2 Å². The normalized spacial score (nSPS) is 19.2. The Kier molecular flexibility index (Phi) is 6.23. The van der Waals surface area contributed by atoms with Crippen molar-refractivity contribution in [2.75, 3.05) is 11.7 Å². The first kappa shape index (κ1) is 23.0. The molecule has 180 valence electrons. The molecule has 3 heterocycles. The van der Waals surface area contributed by atoms with E-state index in [9.17, 15) is 19.7 Å². The zero-order valence-corrected chi connectivity index (χ0v) is 19.7. The number of amides is 1. The van der Waals surface area contributed by atoms with Crippen LogP contribution < -0.4 is 9.64 Å². The van der Waals surface area contributed by atoms with Crippen molar-refractivity contribution in [3.8, 4) is 5.75 Å². The quantitative estimate of drug-likeness (QED) is 0.278. The lowest BCUT2D eigenvalue weighted by molar-refractivity contribution is -0.385. The number of thiophene rings is 1. The van der Waals surface area contributed by atoms with Gasteiger partial charge in [-0.3, -0.25) is 19.7 Å². The minimum Gasteiger partial charge on any atom is -0.467 e. The molecule has 0 spiro atoms. The van der Waals surface area contributed by atoms with Crippen molar-refractivity contribution < 1.29 is 28.7 Å². The van der Waals surface area contributed by atoms with Crippen molar-refractivity contribution in [2.45, 2.75) is 32.6 Å². The van der Waals surface area contributed by atoms with Crippen molar-refractivity contribution in [1.29, 1.82) is 0 Å². The van der Waals surface area contributed by atoms with Crippen LogP contribution in [-0.4, -0.2) is 23.6 Å². The molecule has 9 nitrogen and oxygen atoms in total. The molecule has 0 radical (unpaired) electrons. The van der Waals surface area contributed by atoms with Gasteiger partial charge >= 0.3 is 5.97 Å². The van der Waals surface area contributed by atoms with Gasteiger partial charge in [-0.2, -0.15) is 0 Å². The van der Waals surface area contributed by atoms with Crippen LogP contribution >= 0.6 is 11.3 Å². The Morgan fingerprint density at radius 2 is 2.06 bits per heavy atom. The summed E-state index contributed by atoms with van der Waals surface area (Å²) in [5.41, 5.74) is 2.56. The Bertz CT molecular complexity index is 1270. The van der Waals surface area contributed by atoms with Gasteiger partial charge in [0.2, 0.25) is 5.91 Å². The Morgan fingerprint density at radius 1 is 1.26 bits per heavy atom. The molecule has 2 atom stereocenters. The van der Waals surface area contributed by atoms with E-state index in [0.717, 1.165) is 16.1 Å². The topological polar surface area (TPSA) is 108 Å². The van der Waals surface area contributed by atoms with Crippen LogP contribution in [-0.2, 0) is 32.3 Å². The number of carbonyl (C=O) groups excluding carboxylic acids is 2. The molecule has 2 aliphatic heterocycles. The van der Waals surface area contributed by atoms with E-state index in [1.807, 2.05) is 48.7 Å². The van der Waals surface area contributed by atoms with Crippen molar-refractivity contribution >= 4 is 34.6 Å². The lowest BCUT2D eigenvalue weighted by Crippen LogP contribution is -2.30. The highest BCUT2D eigenvalue weighted by Gasteiger charge is 2.46. The number of benzene rings is 2. The zero-order valence-electron chi connectivity index (χ0n) is 18.8. The molecule has 35 heavy (non-hydrogen) atoms. The fourth-order valence-corrected chi connectivity index (χ4v) is 5.37. The van der Waals surface area contributed by atoms with Gasteiger partial charge in [0, 0.05) is 40.2 Å². The van der Waals surface area contributed by atoms with Crippen LogP contribution in [0.1, 0.15) is 34.0 Å². The second-order valence-electron chi connectivity index (χ2n) is 8.44. The Balaban J connectivity index is 1.41. The Hall–Kier alpha value is -3.76. The predicted molar refractivity (Wildman–Crippen MR) is 127 cm³/mol.